The van der Waals surface area contributed by atoms with Crippen molar-refractivity contribution in [3.63, 3.8) is 0 Å². The summed E-state index contributed by atoms with van der Waals surface area (Å²) in [7, 11) is 0. The Kier molecular flexibility index (Phi) is 5.42. The van der Waals surface area contributed by atoms with Crippen LogP contribution >= 0.6 is 11.8 Å². The highest BCUT2D eigenvalue weighted by atomic mass is 32.2. The Morgan fingerprint density at radius 1 is 1.16 bits per heavy atom. The van der Waals surface area contributed by atoms with Crippen molar-refractivity contribution in [1.29, 1.82) is 5.26 Å². The van der Waals surface area contributed by atoms with Gasteiger partial charge in [-0.1, -0.05) is 23.9 Å². The standard InChI is InChI=1S/C20H20N2O2S/c1-15(23)22-17-5-7-18(8-6-17)25-19-4-2-3-16(13-19)20(14-21)9-11-24-12-10-20/h2-8,13H,9-12H2,1H3,(H,22,23). The van der Waals surface area contributed by atoms with E-state index in [-0.39, 0.29) is 5.91 Å². The van der Waals surface area contributed by atoms with Gasteiger partial charge in [0.05, 0.1) is 11.5 Å². The molecule has 0 atom stereocenters. The number of ether oxygens (including phenoxy) is 1. The van der Waals surface area contributed by atoms with Gasteiger partial charge in [-0.15, -0.1) is 0 Å². The van der Waals surface area contributed by atoms with Gasteiger partial charge >= 0.3 is 0 Å². The second-order valence-electron chi connectivity index (χ2n) is 6.14. The van der Waals surface area contributed by atoms with E-state index in [1.54, 1.807) is 11.8 Å². The van der Waals surface area contributed by atoms with E-state index in [1.807, 2.05) is 36.4 Å². The molecule has 0 aliphatic carbocycles. The Morgan fingerprint density at radius 2 is 1.88 bits per heavy atom. The lowest BCUT2D eigenvalue weighted by Gasteiger charge is -2.31. The smallest absolute Gasteiger partial charge is 0.221 e. The first kappa shape index (κ1) is 17.5. The monoisotopic (exact) mass is 352 g/mol. The Balaban J connectivity index is 1.78. The van der Waals surface area contributed by atoms with Crippen molar-refractivity contribution in [3.05, 3.63) is 54.1 Å². The molecular weight excluding hydrogens is 332 g/mol. The van der Waals surface area contributed by atoms with E-state index < -0.39 is 5.41 Å². The van der Waals surface area contributed by atoms with E-state index in [0.717, 1.165) is 33.9 Å². The molecular formula is C20H20N2O2S. The lowest BCUT2D eigenvalue weighted by Crippen LogP contribution is -2.32. The average Bonchev–Trinajstić information content (AvgIpc) is 2.64. The number of rotatable bonds is 4. The fraction of sp³-hybridized carbons (Fsp3) is 0.300. The van der Waals surface area contributed by atoms with Crippen LogP contribution in [0.1, 0.15) is 25.3 Å². The molecule has 0 spiro atoms. The Morgan fingerprint density at radius 3 is 2.52 bits per heavy atom. The summed E-state index contributed by atoms with van der Waals surface area (Å²) in [5, 5.41) is 12.5. The lowest BCUT2D eigenvalue weighted by molar-refractivity contribution is -0.114. The van der Waals surface area contributed by atoms with E-state index >= 15 is 0 Å². The van der Waals surface area contributed by atoms with E-state index in [0.29, 0.717) is 13.2 Å². The maximum Gasteiger partial charge on any atom is 0.221 e. The molecule has 1 saturated heterocycles. The summed E-state index contributed by atoms with van der Waals surface area (Å²) in [6.45, 7) is 2.76. The topological polar surface area (TPSA) is 62.1 Å². The molecule has 0 unspecified atom stereocenters. The van der Waals surface area contributed by atoms with E-state index in [1.165, 1.54) is 6.92 Å². The maximum atomic E-state index is 11.1. The van der Waals surface area contributed by atoms with Crippen LogP contribution in [-0.2, 0) is 14.9 Å². The molecule has 1 amide bonds. The molecule has 1 heterocycles. The molecule has 5 heteroatoms. The summed E-state index contributed by atoms with van der Waals surface area (Å²) < 4.78 is 5.43. The number of hydrogen-bond acceptors (Lipinski definition) is 4. The molecule has 128 valence electrons. The number of anilines is 1. The van der Waals surface area contributed by atoms with Gasteiger partial charge in [0.2, 0.25) is 5.91 Å². The first-order chi connectivity index (χ1) is 12.1. The summed E-state index contributed by atoms with van der Waals surface area (Å²) in [6.07, 6.45) is 1.48. The molecule has 1 aliphatic rings. The van der Waals surface area contributed by atoms with Crippen molar-refractivity contribution in [1.82, 2.24) is 0 Å². The van der Waals surface area contributed by atoms with Crippen LogP contribution in [0.5, 0.6) is 0 Å². The van der Waals surface area contributed by atoms with Crippen LogP contribution in [0.4, 0.5) is 5.69 Å². The highest BCUT2D eigenvalue weighted by Crippen LogP contribution is 2.37. The van der Waals surface area contributed by atoms with Gasteiger partial charge in [-0.25, -0.2) is 0 Å². The van der Waals surface area contributed by atoms with Crippen molar-refractivity contribution in [2.45, 2.75) is 35.0 Å². The summed E-state index contributed by atoms with van der Waals surface area (Å²) >= 11 is 1.65. The maximum absolute atomic E-state index is 11.1. The van der Waals surface area contributed by atoms with E-state index in [9.17, 15) is 10.1 Å². The third kappa shape index (κ3) is 4.22. The number of carbonyl (C=O) groups is 1. The number of carbonyl (C=O) groups excluding carboxylic acids is 1. The minimum absolute atomic E-state index is 0.0774. The fourth-order valence-electron chi connectivity index (χ4n) is 2.99. The highest BCUT2D eigenvalue weighted by Gasteiger charge is 2.34. The summed E-state index contributed by atoms with van der Waals surface area (Å²) in [6, 6.07) is 18.5. The quantitative estimate of drug-likeness (QED) is 0.887. The van der Waals surface area contributed by atoms with Gasteiger partial charge in [0, 0.05) is 35.6 Å². The van der Waals surface area contributed by atoms with Gasteiger partial charge in [-0.2, -0.15) is 5.26 Å². The van der Waals surface area contributed by atoms with Crippen molar-refractivity contribution < 1.29 is 9.53 Å². The molecule has 1 fully saturated rings. The zero-order valence-electron chi connectivity index (χ0n) is 14.1. The van der Waals surface area contributed by atoms with Gasteiger partial charge in [-0.05, 0) is 54.8 Å². The summed E-state index contributed by atoms with van der Waals surface area (Å²) in [4.78, 5) is 13.3. The number of nitrogens with zero attached hydrogens (tertiary/aromatic N) is 1. The van der Waals surface area contributed by atoms with E-state index in [2.05, 4.69) is 23.5 Å². The molecule has 0 radical (unpaired) electrons. The first-order valence-electron chi connectivity index (χ1n) is 8.26. The number of nitrogens with one attached hydrogen (secondary N) is 1. The van der Waals surface area contributed by atoms with Crippen LogP contribution < -0.4 is 5.32 Å². The molecule has 2 aromatic rings. The summed E-state index contributed by atoms with van der Waals surface area (Å²) in [5.41, 5.74) is 1.42. The Labute approximate surface area is 152 Å². The molecule has 0 saturated carbocycles. The van der Waals surface area contributed by atoms with Gasteiger partial charge in [0.1, 0.15) is 0 Å². The zero-order chi connectivity index (χ0) is 17.7. The first-order valence-corrected chi connectivity index (χ1v) is 9.08. The molecule has 4 nitrogen and oxygen atoms in total. The average molecular weight is 352 g/mol. The van der Waals surface area contributed by atoms with Crippen molar-refractivity contribution in [2.75, 3.05) is 18.5 Å². The normalized spacial score (nSPS) is 16.0. The molecule has 2 aromatic carbocycles. The molecule has 0 bridgehead atoms. The van der Waals surface area contributed by atoms with Crippen molar-refractivity contribution in [3.8, 4) is 6.07 Å². The van der Waals surface area contributed by atoms with Crippen molar-refractivity contribution >= 4 is 23.4 Å². The molecule has 25 heavy (non-hydrogen) atoms. The predicted octanol–water partition coefficient (Wildman–Crippen LogP) is 4.37. The molecule has 1 aliphatic heterocycles. The molecule has 1 N–H and O–H groups in total. The number of benzene rings is 2. The van der Waals surface area contributed by atoms with E-state index in [4.69, 9.17) is 4.74 Å². The van der Waals surface area contributed by atoms with Crippen molar-refractivity contribution in [2.24, 2.45) is 0 Å². The molecule has 0 aromatic heterocycles. The van der Waals surface area contributed by atoms with Crippen LogP contribution in [0, 0.1) is 11.3 Å². The SMILES string of the molecule is CC(=O)Nc1ccc(Sc2cccc(C3(C#N)CCOCC3)c2)cc1. The predicted molar refractivity (Wildman–Crippen MR) is 98.7 cm³/mol. The molecule has 3 rings (SSSR count). The fourth-order valence-corrected chi connectivity index (χ4v) is 3.86. The van der Waals surface area contributed by atoms with Crippen LogP contribution in [-0.4, -0.2) is 19.1 Å². The second-order valence-corrected chi connectivity index (χ2v) is 7.29. The minimum atomic E-state index is -0.440. The summed E-state index contributed by atoms with van der Waals surface area (Å²) in [5.74, 6) is -0.0774. The van der Waals surface area contributed by atoms with Gasteiger partial charge in [0.25, 0.3) is 0 Å². The third-order valence-corrected chi connectivity index (χ3v) is 5.35. The number of amides is 1. The highest BCUT2D eigenvalue weighted by molar-refractivity contribution is 7.99. The van der Waals surface area contributed by atoms with Crippen LogP contribution in [0.2, 0.25) is 0 Å². The number of nitriles is 1. The third-order valence-electron chi connectivity index (χ3n) is 4.36. The van der Waals surface area contributed by atoms with Gasteiger partial charge in [0.15, 0.2) is 0 Å². The Hall–Kier alpha value is -2.29. The van der Waals surface area contributed by atoms with Crippen LogP contribution in [0.15, 0.2) is 58.3 Å². The van der Waals surface area contributed by atoms with Gasteiger partial charge < -0.3 is 10.1 Å². The van der Waals surface area contributed by atoms with Crippen LogP contribution in [0.3, 0.4) is 0 Å². The largest absolute Gasteiger partial charge is 0.381 e. The zero-order valence-corrected chi connectivity index (χ0v) is 14.9. The van der Waals surface area contributed by atoms with Gasteiger partial charge in [-0.3, -0.25) is 4.79 Å². The van der Waals surface area contributed by atoms with Crippen LogP contribution in [0.25, 0.3) is 0 Å². The lowest BCUT2D eigenvalue weighted by atomic mass is 9.75. The second kappa shape index (κ2) is 7.73. The number of hydrogen-bond donors (Lipinski definition) is 1. The minimum Gasteiger partial charge on any atom is -0.381 e. The Bertz CT molecular complexity index is 790.